The Morgan fingerprint density at radius 1 is 1.25 bits per heavy atom. The number of hydrogen-bond donors (Lipinski definition) is 1. The van der Waals surface area contributed by atoms with Gasteiger partial charge in [0.05, 0.1) is 11.5 Å². The molecule has 0 bridgehead atoms. The first-order valence-electron chi connectivity index (χ1n) is 7.29. The number of nitro groups is 1. The zero-order valence-electron chi connectivity index (χ0n) is 12.8. The van der Waals surface area contributed by atoms with E-state index in [1.807, 2.05) is 19.1 Å². The van der Waals surface area contributed by atoms with Crippen molar-refractivity contribution in [3.63, 3.8) is 0 Å². The molecule has 3 aromatic rings. The van der Waals surface area contributed by atoms with Gasteiger partial charge in [-0.15, -0.1) is 0 Å². The van der Waals surface area contributed by atoms with Crippen molar-refractivity contribution in [2.45, 2.75) is 6.92 Å². The predicted molar refractivity (Wildman–Crippen MR) is 88.4 cm³/mol. The minimum absolute atomic E-state index is 0.0434. The molecule has 0 aliphatic carbocycles. The molecule has 0 atom stereocenters. The van der Waals surface area contributed by atoms with Gasteiger partial charge in [0.2, 0.25) is 0 Å². The Morgan fingerprint density at radius 3 is 2.67 bits per heavy atom. The summed E-state index contributed by atoms with van der Waals surface area (Å²) in [5.41, 5.74) is 0.905. The smallest absolute Gasteiger partial charge is 0.291 e. The summed E-state index contributed by atoms with van der Waals surface area (Å²) in [4.78, 5) is 22.4. The average molecular weight is 326 g/mol. The number of fused-ring (bicyclic) bond motifs is 1. The number of nitro benzene ring substituents is 1. The Kier molecular flexibility index (Phi) is 4.15. The third-order valence-corrected chi connectivity index (χ3v) is 3.37. The number of anilines is 1. The van der Waals surface area contributed by atoms with Crippen LogP contribution in [0.25, 0.3) is 11.0 Å². The van der Waals surface area contributed by atoms with Gasteiger partial charge in [-0.05, 0) is 31.2 Å². The number of hydrogen-bond acceptors (Lipinski definition) is 5. The number of carbonyl (C=O) groups excluding carboxylic acids is 1. The molecule has 1 heterocycles. The predicted octanol–water partition coefficient (Wildman–Crippen LogP) is 3.99. The fourth-order valence-corrected chi connectivity index (χ4v) is 2.28. The number of amides is 1. The quantitative estimate of drug-likeness (QED) is 0.565. The molecule has 3 rings (SSSR count). The molecule has 0 spiro atoms. The van der Waals surface area contributed by atoms with Crippen LogP contribution in [-0.2, 0) is 0 Å². The van der Waals surface area contributed by atoms with E-state index in [2.05, 4.69) is 5.32 Å². The normalized spacial score (nSPS) is 10.5. The summed E-state index contributed by atoms with van der Waals surface area (Å²) in [6.45, 7) is 2.36. The van der Waals surface area contributed by atoms with Gasteiger partial charge < -0.3 is 14.5 Å². The molecule has 1 amide bonds. The second kappa shape index (κ2) is 6.41. The summed E-state index contributed by atoms with van der Waals surface area (Å²) in [5, 5.41) is 14.0. The van der Waals surface area contributed by atoms with Crippen molar-refractivity contribution in [1.82, 2.24) is 0 Å². The average Bonchev–Trinajstić information content (AvgIpc) is 3.01. The van der Waals surface area contributed by atoms with E-state index >= 15 is 0 Å². The molecule has 0 fully saturated rings. The van der Waals surface area contributed by atoms with E-state index in [0.29, 0.717) is 23.6 Å². The van der Waals surface area contributed by atoms with Gasteiger partial charge in [0.15, 0.2) is 17.1 Å². The molecular weight excluding hydrogens is 312 g/mol. The standard InChI is InChI=1S/C17H14N2O5/c1-2-23-14-5-3-4-11-10-15(24-16(11)14)17(20)18-12-6-8-13(9-7-12)19(21)22/h3-10H,2H2,1H3,(H,18,20). The van der Waals surface area contributed by atoms with Crippen molar-refractivity contribution in [2.24, 2.45) is 0 Å². The second-order valence-electron chi connectivity index (χ2n) is 4.98. The maximum Gasteiger partial charge on any atom is 0.291 e. The minimum Gasteiger partial charge on any atom is -0.490 e. The highest BCUT2D eigenvalue weighted by atomic mass is 16.6. The highest BCUT2D eigenvalue weighted by molar-refractivity contribution is 6.05. The maximum absolute atomic E-state index is 12.3. The van der Waals surface area contributed by atoms with Crippen LogP contribution in [0.4, 0.5) is 11.4 Å². The molecule has 0 unspecified atom stereocenters. The number of rotatable bonds is 5. The molecule has 0 saturated carbocycles. The molecule has 2 aromatic carbocycles. The molecule has 0 saturated heterocycles. The molecule has 0 aliphatic rings. The number of ether oxygens (including phenoxy) is 1. The number of carbonyl (C=O) groups is 1. The van der Waals surface area contributed by atoms with Crippen LogP contribution in [0.15, 0.2) is 52.9 Å². The molecule has 7 heteroatoms. The van der Waals surface area contributed by atoms with Gasteiger partial charge in [-0.25, -0.2) is 0 Å². The van der Waals surface area contributed by atoms with Crippen molar-refractivity contribution in [2.75, 3.05) is 11.9 Å². The number of benzene rings is 2. The third kappa shape index (κ3) is 3.05. The van der Waals surface area contributed by atoms with Gasteiger partial charge in [-0.2, -0.15) is 0 Å². The summed E-state index contributed by atoms with van der Waals surface area (Å²) in [5.74, 6) is 0.266. The molecule has 1 aromatic heterocycles. The van der Waals surface area contributed by atoms with Crippen molar-refractivity contribution in [3.05, 3.63) is 64.4 Å². The minimum atomic E-state index is -0.500. The Balaban J connectivity index is 1.83. The number of non-ortho nitro benzene ring substituents is 1. The first kappa shape index (κ1) is 15.5. The fraction of sp³-hybridized carbons (Fsp3) is 0.118. The topological polar surface area (TPSA) is 94.6 Å². The molecule has 0 radical (unpaired) electrons. The molecule has 122 valence electrons. The van der Waals surface area contributed by atoms with Crippen LogP contribution < -0.4 is 10.1 Å². The summed E-state index contributed by atoms with van der Waals surface area (Å²) < 4.78 is 11.1. The highest BCUT2D eigenvalue weighted by Gasteiger charge is 2.15. The number of nitrogens with zero attached hydrogens (tertiary/aromatic N) is 1. The Hall–Kier alpha value is -3.35. The van der Waals surface area contributed by atoms with Crippen molar-refractivity contribution in [3.8, 4) is 5.75 Å². The fourth-order valence-electron chi connectivity index (χ4n) is 2.28. The van der Waals surface area contributed by atoms with Crippen LogP contribution >= 0.6 is 0 Å². The lowest BCUT2D eigenvalue weighted by molar-refractivity contribution is -0.384. The Morgan fingerprint density at radius 2 is 2.00 bits per heavy atom. The van der Waals surface area contributed by atoms with E-state index in [0.717, 1.165) is 5.39 Å². The van der Waals surface area contributed by atoms with Gasteiger partial charge in [-0.1, -0.05) is 12.1 Å². The molecule has 24 heavy (non-hydrogen) atoms. The third-order valence-electron chi connectivity index (χ3n) is 3.37. The van der Waals surface area contributed by atoms with Crippen LogP contribution in [0.3, 0.4) is 0 Å². The molecule has 1 N–H and O–H groups in total. The van der Waals surface area contributed by atoms with Gasteiger partial charge >= 0.3 is 0 Å². The number of nitrogens with one attached hydrogen (secondary N) is 1. The van der Waals surface area contributed by atoms with Gasteiger partial charge in [0, 0.05) is 23.2 Å². The highest BCUT2D eigenvalue weighted by Crippen LogP contribution is 2.29. The largest absolute Gasteiger partial charge is 0.490 e. The monoisotopic (exact) mass is 326 g/mol. The molecule has 0 aliphatic heterocycles. The second-order valence-corrected chi connectivity index (χ2v) is 4.98. The van der Waals surface area contributed by atoms with Crippen molar-refractivity contribution in [1.29, 1.82) is 0 Å². The van der Waals surface area contributed by atoms with E-state index in [-0.39, 0.29) is 11.4 Å². The lowest BCUT2D eigenvalue weighted by Crippen LogP contribution is -2.10. The van der Waals surface area contributed by atoms with E-state index in [1.54, 1.807) is 12.1 Å². The maximum atomic E-state index is 12.3. The van der Waals surface area contributed by atoms with Gasteiger partial charge in [-0.3, -0.25) is 14.9 Å². The zero-order chi connectivity index (χ0) is 17.1. The van der Waals surface area contributed by atoms with Crippen molar-refractivity contribution >= 4 is 28.3 Å². The van der Waals surface area contributed by atoms with E-state index < -0.39 is 10.8 Å². The van der Waals surface area contributed by atoms with Crippen LogP contribution in [0, 0.1) is 10.1 Å². The van der Waals surface area contributed by atoms with Crippen LogP contribution in [-0.4, -0.2) is 17.4 Å². The van der Waals surface area contributed by atoms with E-state index in [9.17, 15) is 14.9 Å². The summed E-state index contributed by atoms with van der Waals surface area (Å²) in [6.07, 6.45) is 0. The van der Waals surface area contributed by atoms with Gasteiger partial charge in [0.1, 0.15) is 0 Å². The number of furan rings is 1. The van der Waals surface area contributed by atoms with Crippen LogP contribution in [0.1, 0.15) is 17.5 Å². The SMILES string of the molecule is CCOc1cccc2cc(C(=O)Nc3ccc([N+](=O)[O-])cc3)oc12. The Labute approximate surface area is 137 Å². The summed E-state index contributed by atoms with van der Waals surface area (Å²) >= 11 is 0. The first-order valence-corrected chi connectivity index (χ1v) is 7.29. The zero-order valence-corrected chi connectivity index (χ0v) is 12.8. The van der Waals surface area contributed by atoms with Gasteiger partial charge in [0.25, 0.3) is 11.6 Å². The lowest BCUT2D eigenvalue weighted by atomic mass is 10.2. The first-order chi connectivity index (χ1) is 11.6. The summed E-state index contributed by atoms with van der Waals surface area (Å²) in [7, 11) is 0. The van der Waals surface area contributed by atoms with Crippen LogP contribution in [0.5, 0.6) is 5.75 Å². The Bertz CT molecular complexity index is 899. The van der Waals surface area contributed by atoms with E-state index in [4.69, 9.17) is 9.15 Å². The lowest BCUT2D eigenvalue weighted by Gasteiger charge is -2.03. The summed E-state index contributed by atoms with van der Waals surface area (Å²) in [6, 6.07) is 12.6. The van der Waals surface area contributed by atoms with E-state index in [1.165, 1.54) is 24.3 Å². The molecular formula is C17H14N2O5. The van der Waals surface area contributed by atoms with Crippen LogP contribution in [0.2, 0.25) is 0 Å². The molecule has 7 nitrogen and oxygen atoms in total. The van der Waals surface area contributed by atoms with Crippen molar-refractivity contribution < 1.29 is 18.9 Å². The number of para-hydroxylation sites is 1.